The third-order valence-corrected chi connectivity index (χ3v) is 6.52. The molecule has 0 fully saturated rings. The van der Waals surface area contributed by atoms with Gasteiger partial charge in [-0.15, -0.1) is 11.3 Å². The number of rotatable bonds is 6. The van der Waals surface area contributed by atoms with Crippen molar-refractivity contribution in [1.29, 1.82) is 0 Å². The second-order valence-corrected chi connectivity index (χ2v) is 9.49. The fourth-order valence-electron chi connectivity index (χ4n) is 3.78. The van der Waals surface area contributed by atoms with E-state index in [2.05, 4.69) is 39.9 Å². The number of aromatic nitrogens is 8. The van der Waals surface area contributed by atoms with Gasteiger partial charge in [0, 0.05) is 5.56 Å². The van der Waals surface area contributed by atoms with E-state index in [1.807, 2.05) is 24.4 Å². The number of nitrogens with two attached hydrogens (primary N) is 2. The lowest BCUT2D eigenvalue weighted by Gasteiger charge is -2.09. The van der Waals surface area contributed by atoms with Gasteiger partial charge in [-0.3, -0.25) is 0 Å². The topological polar surface area (TPSA) is 174 Å². The Kier molecular flexibility index (Phi) is 8.38. The average molecular weight is 609 g/mol. The highest BCUT2D eigenvalue weighted by atomic mass is 32.1. The number of anilines is 2. The molecule has 0 aliphatic carbocycles. The van der Waals surface area contributed by atoms with Gasteiger partial charge in [0.05, 0.1) is 47.4 Å². The summed E-state index contributed by atoms with van der Waals surface area (Å²) in [6, 6.07) is 8.59. The van der Waals surface area contributed by atoms with Crippen LogP contribution in [0, 0.1) is 0 Å². The molecule has 5 heterocycles. The summed E-state index contributed by atoms with van der Waals surface area (Å²) in [7, 11) is 0. The van der Waals surface area contributed by atoms with Crippen LogP contribution in [0.1, 0.15) is 19.4 Å². The van der Waals surface area contributed by atoms with Crippen molar-refractivity contribution in [2.75, 3.05) is 24.7 Å². The molecule has 5 aromatic heterocycles. The Morgan fingerprint density at radius 2 is 1.26 bits per heavy atom. The number of hydrogen-bond donors (Lipinski definition) is 2. The van der Waals surface area contributed by atoms with Gasteiger partial charge in [-0.1, -0.05) is 18.2 Å². The van der Waals surface area contributed by atoms with Gasteiger partial charge in [-0.2, -0.15) is 33.1 Å². The predicted octanol–water partition coefficient (Wildman–Crippen LogP) is 5.22. The molecule has 0 aliphatic rings. The van der Waals surface area contributed by atoms with Gasteiger partial charge in [-0.05, 0) is 37.4 Å². The zero-order valence-electron chi connectivity index (χ0n) is 22.7. The Bertz CT molecular complexity index is 1870. The molecule has 6 aromatic rings. The summed E-state index contributed by atoms with van der Waals surface area (Å²) in [6.45, 7) is 4.48. The van der Waals surface area contributed by atoms with Crippen molar-refractivity contribution in [3.8, 4) is 33.6 Å². The highest BCUT2D eigenvalue weighted by Crippen LogP contribution is 2.31. The molecule has 0 atom stereocenters. The maximum absolute atomic E-state index is 12.6. The van der Waals surface area contributed by atoms with Crippen LogP contribution in [0.15, 0.2) is 54.2 Å². The molecular formula is C27H23F3N10O2S. The maximum Gasteiger partial charge on any atom is 0.416 e. The van der Waals surface area contributed by atoms with E-state index < -0.39 is 11.7 Å². The Morgan fingerprint density at radius 1 is 0.721 bits per heavy atom. The summed E-state index contributed by atoms with van der Waals surface area (Å²) in [5, 5.41) is 1.99. The van der Waals surface area contributed by atoms with E-state index in [1.165, 1.54) is 18.3 Å². The number of hydrogen-bond acceptors (Lipinski definition) is 13. The van der Waals surface area contributed by atoms with Crippen molar-refractivity contribution < 1.29 is 22.6 Å². The minimum Gasteiger partial charge on any atom is -0.476 e. The number of ether oxygens (including phenoxy) is 2. The van der Waals surface area contributed by atoms with Gasteiger partial charge in [0.15, 0.2) is 22.3 Å². The van der Waals surface area contributed by atoms with Crippen LogP contribution in [0.5, 0.6) is 11.8 Å². The molecule has 4 N–H and O–H groups in total. The second-order valence-electron chi connectivity index (χ2n) is 8.55. The van der Waals surface area contributed by atoms with Crippen LogP contribution >= 0.6 is 11.3 Å². The van der Waals surface area contributed by atoms with E-state index in [9.17, 15) is 13.2 Å². The van der Waals surface area contributed by atoms with Crippen LogP contribution in [0.4, 0.5) is 25.1 Å². The van der Waals surface area contributed by atoms with Gasteiger partial charge in [0.25, 0.3) is 0 Å². The smallest absolute Gasteiger partial charge is 0.416 e. The molecule has 220 valence electrons. The molecule has 0 saturated carbocycles. The molecule has 0 spiro atoms. The van der Waals surface area contributed by atoms with Crippen molar-refractivity contribution >= 4 is 45.6 Å². The van der Waals surface area contributed by atoms with Crippen LogP contribution in [0.25, 0.3) is 44.2 Å². The van der Waals surface area contributed by atoms with Gasteiger partial charge >= 0.3 is 6.18 Å². The first-order chi connectivity index (χ1) is 20.7. The molecule has 0 radical (unpaired) electrons. The zero-order valence-corrected chi connectivity index (χ0v) is 23.5. The van der Waals surface area contributed by atoms with E-state index >= 15 is 0 Å². The van der Waals surface area contributed by atoms with Gasteiger partial charge in [-0.25, -0.2) is 19.9 Å². The second kappa shape index (κ2) is 12.3. The van der Waals surface area contributed by atoms with Gasteiger partial charge < -0.3 is 20.9 Å². The molecule has 12 nitrogen and oxygen atoms in total. The van der Waals surface area contributed by atoms with Crippen molar-refractivity contribution in [2.24, 2.45) is 0 Å². The van der Waals surface area contributed by atoms with Crippen molar-refractivity contribution in [3.05, 3.63) is 59.7 Å². The van der Waals surface area contributed by atoms with E-state index in [-0.39, 0.29) is 23.4 Å². The third-order valence-electron chi connectivity index (χ3n) is 5.63. The molecule has 0 unspecified atom stereocenters. The summed E-state index contributed by atoms with van der Waals surface area (Å²) >= 11 is 1.60. The zero-order chi connectivity index (χ0) is 30.6. The minimum absolute atomic E-state index is 0.00234. The first-order valence-corrected chi connectivity index (χ1v) is 13.6. The highest BCUT2D eigenvalue weighted by molar-refractivity contribution is 7.13. The lowest BCUT2D eigenvalue weighted by Crippen LogP contribution is -2.05. The van der Waals surface area contributed by atoms with Crippen LogP contribution in [-0.2, 0) is 6.18 Å². The molecule has 1 aromatic carbocycles. The number of thiophene rings is 1. The normalized spacial score (nSPS) is 11.3. The lowest BCUT2D eigenvalue weighted by atomic mass is 10.1. The minimum atomic E-state index is -4.39. The standard InChI is InChI=1S/C15H12F3N5O.C12H11N5OS/c1-2-24-13-11-12(22-14(19)23-13)20-7-10(21-11)8-3-5-9(6-4-8)15(16,17)18;1-2-18-11-9-10(16-12(13)17-11)14-6-7(15-9)8-4-3-5-19-8/h3-7H,2H2,1H3,(H2,19,20,22,23);3-6H,2H2,1H3,(H2,13,14,16,17). The number of alkyl halides is 3. The summed E-state index contributed by atoms with van der Waals surface area (Å²) < 4.78 is 48.7. The maximum atomic E-state index is 12.6. The quantitative estimate of drug-likeness (QED) is 0.253. The number of nitrogens with zero attached hydrogens (tertiary/aromatic N) is 8. The number of fused-ring (bicyclic) bond motifs is 2. The Balaban J connectivity index is 0.000000176. The lowest BCUT2D eigenvalue weighted by molar-refractivity contribution is -0.137. The van der Waals surface area contributed by atoms with Gasteiger partial charge in [0.2, 0.25) is 23.7 Å². The summed E-state index contributed by atoms with van der Waals surface area (Å²) in [5.41, 5.74) is 13.6. The summed E-state index contributed by atoms with van der Waals surface area (Å²) in [6.07, 6.45) is -1.30. The van der Waals surface area contributed by atoms with Gasteiger partial charge in [0.1, 0.15) is 0 Å². The Hall–Kier alpha value is -5.25. The average Bonchev–Trinajstić information content (AvgIpc) is 3.52. The van der Waals surface area contributed by atoms with Crippen LogP contribution < -0.4 is 20.9 Å². The summed E-state index contributed by atoms with van der Waals surface area (Å²) in [4.78, 5) is 34.4. The van der Waals surface area contributed by atoms with Crippen molar-refractivity contribution in [1.82, 2.24) is 39.9 Å². The molecular weight excluding hydrogens is 585 g/mol. The SMILES string of the molecule is CCOc1nc(N)nc2ncc(-c3ccc(C(F)(F)F)cc3)nc12.CCOc1nc(N)nc2ncc(-c3cccs3)nc12. The molecule has 0 amide bonds. The Morgan fingerprint density at radius 3 is 1.74 bits per heavy atom. The van der Waals surface area contributed by atoms with Crippen LogP contribution in [0.2, 0.25) is 0 Å². The van der Waals surface area contributed by atoms with Crippen LogP contribution in [0.3, 0.4) is 0 Å². The fourth-order valence-corrected chi connectivity index (χ4v) is 4.46. The van der Waals surface area contributed by atoms with Crippen LogP contribution in [-0.4, -0.2) is 53.1 Å². The molecule has 0 aliphatic heterocycles. The predicted molar refractivity (Wildman–Crippen MR) is 155 cm³/mol. The van der Waals surface area contributed by atoms with E-state index in [4.69, 9.17) is 20.9 Å². The summed E-state index contributed by atoms with van der Waals surface area (Å²) in [5.74, 6) is 0.689. The largest absolute Gasteiger partial charge is 0.476 e. The molecule has 16 heteroatoms. The van der Waals surface area contributed by atoms with E-state index in [0.29, 0.717) is 47.0 Å². The first-order valence-electron chi connectivity index (χ1n) is 12.7. The highest BCUT2D eigenvalue weighted by Gasteiger charge is 2.30. The van der Waals surface area contributed by atoms with E-state index in [0.717, 1.165) is 22.7 Å². The first kappa shape index (κ1) is 29.2. The molecule has 6 rings (SSSR count). The van der Waals surface area contributed by atoms with Crippen molar-refractivity contribution in [3.63, 3.8) is 0 Å². The molecule has 0 bridgehead atoms. The number of nitrogen functional groups attached to an aromatic ring is 2. The van der Waals surface area contributed by atoms with E-state index in [1.54, 1.807) is 24.5 Å². The fraction of sp³-hybridized carbons (Fsp3) is 0.185. The monoisotopic (exact) mass is 608 g/mol. The number of halogens is 3. The molecule has 0 saturated heterocycles. The third kappa shape index (κ3) is 6.64. The Labute approximate surface area is 246 Å². The molecule has 43 heavy (non-hydrogen) atoms. The number of benzene rings is 1. The van der Waals surface area contributed by atoms with Crippen molar-refractivity contribution in [2.45, 2.75) is 20.0 Å².